The summed E-state index contributed by atoms with van der Waals surface area (Å²) in [4.78, 5) is 36.7. The zero-order valence-corrected chi connectivity index (χ0v) is 12.1. The van der Waals surface area contributed by atoms with Gasteiger partial charge in [0.05, 0.1) is 11.5 Å². The first-order valence-electron chi connectivity index (χ1n) is 6.20. The minimum atomic E-state index is -0.761. The van der Waals surface area contributed by atoms with Crippen molar-refractivity contribution in [3.8, 4) is 0 Å². The average molecular weight is 316 g/mol. The molecule has 0 spiro atoms. The lowest BCUT2D eigenvalue weighted by atomic mass is 10.2. The molecular formula is C12H14ClN3O5. The quantitative estimate of drug-likeness (QED) is 0.269. The maximum Gasteiger partial charge on any atom is 0.319 e. The van der Waals surface area contributed by atoms with E-state index in [9.17, 15) is 19.7 Å². The predicted molar refractivity (Wildman–Crippen MR) is 74.1 cm³/mol. The maximum atomic E-state index is 11.9. The Hall–Kier alpha value is -2.22. The lowest BCUT2D eigenvalue weighted by Gasteiger charge is -2.06. The van der Waals surface area contributed by atoms with Crippen molar-refractivity contribution in [2.45, 2.75) is 19.8 Å². The van der Waals surface area contributed by atoms with Crippen LogP contribution in [0.1, 0.15) is 30.1 Å². The molecule has 0 saturated heterocycles. The number of nitro groups is 1. The third kappa shape index (κ3) is 4.99. The number of nitrogens with one attached hydrogen (secondary N) is 1. The van der Waals surface area contributed by atoms with Crippen molar-refractivity contribution < 1.29 is 19.2 Å². The fourth-order valence-corrected chi connectivity index (χ4v) is 1.78. The second-order valence-corrected chi connectivity index (χ2v) is 4.28. The number of ether oxygens (including phenoxy) is 1. The fraction of sp³-hybridized carbons (Fsp3) is 0.417. The summed E-state index contributed by atoms with van der Waals surface area (Å²) in [6.45, 7) is 2.19. The molecule has 0 radical (unpaired) electrons. The van der Waals surface area contributed by atoms with Crippen LogP contribution in [0.25, 0.3) is 0 Å². The summed E-state index contributed by atoms with van der Waals surface area (Å²) >= 11 is 5.61. The molecule has 0 saturated carbocycles. The molecule has 9 heteroatoms. The van der Waals surface area contributed by atoms with Gasteiger partial charge in [-0.2, -0.15) is 0 Å². The van der Waals surface area contributed by atoms with E-state index in [1.165, 1.54) is 12.3 Å². The van der Waals surface area contributed by atoms with Gasteiger partial charge in [0, 0.05) is 19.2 Å². The van der Waals surface area contributed by atoms with Crippen LogP contribution in [0.3, 0.4) is 0 Å². The minimum Gasteiger partial charge on any atom is -0.466 e. The van der Waals surface area contributed by atoms with Crippen molar-refractivity contribution in [2.24, 2.45) is 0 Å². The van der Waals surface area contributed by atoms with Crippen LogP contribution in [-0.4, -0.2) is 34.9 Å². The molecular weight excluding hydrogens is 302 g/mol. The first-order valence-corrected chi connectivity index (χ1v) is 6.57. The Kier molecular flexibility index (Phi) is 6.54. The predicted octanol–water partition coefficient (Wildman–Crippen LogP) is 1.72. The summed E-state index contributed by atoms with van der Waals surface area (Å²) in [5.74, 6) is -1.00. The molecule has 1 N–H and O–H groups in total. The summed E-state index contributed by atoms with van der Waals surface area (Å²) in [7, 11) is 0. The van der Waals surface area contributed by atoms with E-state index in [4.69, 9.17) is 16.3 Å². The highest BCUT2D eigenvalue weighted by molar-refractivity contribution is 6.32. The normalized spacial score (nSPS) is 10.0. The van der Waals surface area contributed by atoms with Gasteiger partial charge in [-0.05, 0) is 19.4 Å². The Labute approximate surface area is 125 Å². The molecule has 114 valence electrons. The molecule has 21 heavy (non-hydrogen) atoms. The van der Waals surface area contributed by atoms with E-state index < -0.39 is 16.5 Å². The summed E-state index contributed by atoms with van der Waals surface area (Å²) in [6, 6.07) is 1.21. The average Bonchev–Trinajstić information content (AvgIpc) is 2.43. The van der Waals surface area contributed by atoms with Crippen LogP contribution >= 0.6 is 11.6 Å². The molecule has 0 unspecified atom stereocenters. The van der Waals surface area contributed by atoms with Crippen LogP contribution in [0.15, 0.2) is 12.3 Å². The monoisotopic (exact) mass is 315 g/mol. The molecule has 1 heterocycles. The third-order valence-corrected chi connectivity index (χ3v) is 2.73. The smallest absolute Gasteiger partial charge is 0.319 e. The van der Waals surface area contributed by atoms with Crippen LogP contribution in [-0.2, 0) is 9.53 Å². The molecule has 1 aromatic heterocycles. The van der Waals surface area contributed by atoms with Crippen molar-refractivity contribution in [1.29, 1.82) is 0 Å². The zero-order valence-electron chi connectivity index (χ0n) is 11.3. The Morgan fingerprint density at radius 3 is 2.86 bits per heavy atom. The molecule has 1 amide bonds. The van der Waals surface area contributed by atoms with Gasteiger partial charge < -0.3 is 10.1 Å². The Bertz CT molecular complexity index is 550. The SMILES string of the molecule is CCOC(=O)CCCNC(=O)c1ccnc(Cl)c1[N+](=O)[O-]. The summed E-state index contributed by atoms with van der Waals surface area (Å²) in [5.41, 5.74) is -0.710. The number of aromatic nitrogens is 1. The van der Waals surface area contributed by atoms with E-state index in [1.807, 2.05) is 0 Å². The largest absolute Gasteiger partial charge is 0.466 e. The van der Waals surface area contributed by atoms with Crippen LogP contribution in [0, 0.1) is 10.1 Å². The van der Waals surface area contributed by atoms with Crippen LogP contribution in [0.2, 0.25) is 5.15 Å². The second-order valence-electron chi connectivity index (χ2n) is 3.92. The lowest BCUT2D eigenvalue weighted by Crippen LogP contribution is -2.26. The molecule has 8 nitrogen and oxygen atoms in total. The molecule has 0 bridgehead atoms. The van der Waals surface area contributed by atoms with E-state index in [0.717, 1.165) is 0 Å². The van der Waals surface area contributed by atoms with Gasteiger partial charge in [-0.1, -0.05) is 11.6 Å². The van der Waals surface area contributed by atoms with Crippen molar-refractivity contribution in [1.82, 2.24) is 10.3 Å². The molecule has 0 aromatic carbocycles. The minimum absolute atomic E-state index is 0.160. The number of amides is 1. The second kappa shape index (κ2) is 8.15. The number of hydrogen-bond donors (Lipinski definition) is 1. The summed E-state index contributed by atoms with van der Waals surface area (Å²) in [5, 5.41) is 13.0. The van der Waals surface area contributed by atoms with Crippen LogP contribution in [0.5, 0.6) is 0 Å². The number of carbonyl (C=O) groups is 2. The van der Waals surface area contributed by atoms with E-state index in [2.05, 4.69) is 10.3 Å². The molecule has 0 aliphatic rings. The van der Waals surface area contributed by atoms with Crippen molar-refractivity contribution >= 4 is 29.2 Å². The molecule has 0 fully saturated rings. The summed E-state index contributed by atoms with van der Waals surface area (Å²) in [6.07, 6.45) is 1.74. The molecule has 0 aliphatic carbocycles. The van der Waals surface area contributed by atoms with Gasteiger partial charge in [0.15, 0.2) is 0 Å². The molecule has 1 rings (SSSR count). The molecule has 0 atom stereocenters. The molecule has 0 aliphatic heterocycles. The van der Waals surface area contributed by atoms with E-state index in [1.54, 1.807) is 6.92 Å². The molecule has 1 aromatic rings. The van der Waals surface area contributed by atoms with Gasteiger partial charge >= 0.3 is 11.7 Å². The van der Waals surface area contributed by atoms with Crippen molar-refractivity contribution in [3.05, 3.63) is 33.1 Å². The van der Waals surface area contributed by atoms with Gasteiger partial charge in [-0.25, -0.2) is 4.98 Å². The number of pyridine rings is 1. The number of esters is 1. The summed E-state index contributed by atoms with van der Waals surface area (Å²) < 4.78 is 4.73. The standard InChI is InChI=1S/C12H14ClN3O5/c1-2-21-9(17)4-3-6-15-12(18)8-5-7-14-11(13)10(8)16(19)20/h5,7H,2-4,6H2,1H3,(H,15,18). The number of rotatable bonds is 7. The topological polar surface area (TPSA) is 111 Å². The van der Waals surface area contributed by atoms with Crippen molar-refractivity contribution in [2.75, 3.05) is 13.2 Å². The number of nitrogens with zero attached hydrogens (tertiary/aromatic N) is 2. The Balaban J connectivity index is 2.59. The van der Waals surface area contributed by atoms with Gasteiger partial charge in [0.1, 0.15) is 5.56 Å². The Morgan fingerprint density at radius 1 is 1.52 bits per heavy atom. The fourth-order valence-electron chi connectivity index (χ4n) is 1.55. The van der Waals surface area contributed by atoms with E-state index >= 15 is 0 Å². The van der Waals surface area contributed by atoms with E-state index in [-0.39, 0.29) is 29.7 Å². The maximum absolute atomic E-state index is 11.9. The van der Waals surface area contributed by atoms with Gasteiger partial charge in [0.25, 0.3) is 5.91 Å². The van der Waals surface area contributed by atoms with Crippen LogP contribution < -0.4 is 5.32 Å². The first kappa shape index (κ1) is 16.8. The number of hydrogen-bond acceptors (Lipinski definition) is 6. The van der Waals surface area contributed by atoms with E-state index in [0.29, 0.717) is 13.0 Å². The van der Waals surface area contributed by atoms with Crippen molar-refractivity contribution in [3.63, 3.8) is 0 Å². The lowest BCUT2D eigenvalue weighted by molar-refractivity contribution is -0.385. The van der Waals surface area contributed by atoms with Gasteiger partial charge in [-0.3, -0.25) is 19.7 Å². The highest BCUT2D eigenvalue weighted by Crippen LogP contribution is 2.25. The first-order chi connectivity index (χ1) is 9.97. The van der Waals surface area contributed by atoms with Gasteiger partial charge in [-0.15, -0.1) is 0 Å². The third-order valence-electron chi connectivity index (χ3n) is 2.46. The zero-order chi connectivity index (χ0) is 15.8. The van der Waals surface area contributed by atoms with Crippen LogP contribution in [0.4, 0.5) is 5.69 Å². The Morgan fingerprint density at radius 2 is 2.24 bits per heavy atom. The highest BCUT2D eigenvalue weighted by atomic mass is 35.5. The highest BCUT2D eigenvalue weighted by Gasteiger charge is 2.24. The number of carbonyl (C=O) groups excluding carboxylic acids is 2. The van der Waals surface area contributed by atoms with Gasteiger partial charge in [0.2, 0.25) is 5.15 Å². The number of halogens is 1.